The molecule has 0 radical (unpaired) electrons. The highest BCUT2D eigenvalue weighted by Crippen LogP contribution is 2.32. The number of hydrogen-bond acceptors (Lipinski definition) is 6. The number of hydrogen-bond donors (Lipinski definition) is 2. The summed E-state index contributed by atoms with van der Waals surface area (Å²) in [5.74, 6) is 2.02. The minimum atomic E-state index is -0.238. The van der Waals surface area contributed by atoms with Crippen LogP contribution in [0.15, 0.2) is 60.8 Å². The zero-order valence-electron chi connectivity index (χ0n) is 16.0. The molecule has 4 rings (SSSR count). The van der Waals surface area contributed by atoms with E-state index in [1.54, 1.807) is 19.4 Å². The predicted octanol–water partition coefficient (Wildman–Crippen LogP) is 3.36. The van der Waals surface area contributed by atoms with Gasteiger partial charge in [0.1, 0.15) is 11.4 Å². The normalized spacial score (nSPS) is 11.8. The van der Waals surface area contributed by atoms with Crippen molar-refractivity contribution in [2.45, 2.75) is 13.1 Å². The second-order valence-electron chi connectivity index (χ2n) is 6.47. The number of carbonyl (C=O) groups is 1. The van der Waals surface area contributed by atoms with Crippen LogP contribution in [0.1, 0.15) is 21.6 Å². The fourth-order valence-corrected chi connectivity index (χ4v) is 3.00. The fraction of sp³-hybridized carbons (Fsp3) is 0.182. The highest BCUT2D eigenvalue weighted by molar-refractivity contribution is 5.92. The Morgan fingerprint density at radius 3 is 2.76 bits per heavy atom. The number of fused-ring (bicyclic) bond motifs is 1. The van der Waals surface area contributed by atoms with Gasteiger partial charge in [-0.15, -0.1) is 0 Å². The molecule has 0 bridgehead atoms. The average molecular weight is 391 g/mol. The highest BCUT2D eigenvalue weighted by Gasteiger charge is 2.13. The average Bonchev–Trinajstić information content (AvgIpc) is 3.24. The summed E-state index contributed by atoms with van der Waals surface area (Å²) in [7, 11) is 1.61. The first-order chi connectivity index (χ1) is 14.2. The summed E-state index contributed by atoms with van der Waals surface area (Å²) in [5.41, 5.74) is 3.15. The van der Waals surface area contributed by atoms with Crippen LogP contribution in [-0.4, -0.2) is 24.8 Å². The molecule has 1 amide bonds. The van der Waals surface area contributed by atoms with Gasteiger partial charge >= 0.3 is 0 Å². The number of nitrogens with zero attached hydrogens (tertiary/aromatic N) is 1. The van der Waals surface area contributed by atoms with Crippen LogP contribution in [0.25, 0.3) is 0 Å². The Kier molecular flexibility index (Phi) is 5.47. The first-order valence-electron chi connectivity index (χ1n) is 9.21. The summed E-state index contributed by atoms with van der Waals surface area (Å²) in [6.45, 7) is 1.24. The third-order valence-corrected chi connectivity index (χ3v) is 4.56. The lowest BCUT2D eigenvalue weighted by molar-refractivity contribution is 0.0945. The quantitative estimate of drug-likeness (QED) is 0.643. The first-order valence-corrected chi connectivity index (χ1v) is 9.21. The van der Waals surface area contributed by atoms with Gasteiger partial charge in [-0.25, -0.2) is 4.98 Å². The molecule has 0 aliphatic carbocycles. The predicted molar refractivity (Wildman–Crippen MR) is 108 cm³/mol. The van der Waals surface area contributed by atoms with E-state index in [-0.39, 0.29) is 12.7 Å². The smallest absolute Gasteiger partial charge is 0.270 e. The van der Waals surface area contributed by atoms with Gasteiger partial charge in [0.15, 0.2) is 11.5 Å². The van der Waals surface area contributed by atoms with E-state index in [9.17, 15) is 4.79 Å². The van der Waals surface area contributed by atoms with Crippen LogP contribution in [0.3, 0.4) is 0 Å². The van der Waals surface area contributed by atoms with Crippen LogP contribution in [0.4, 0.5) is 5.69 Å². The van der Waals surface area contributed by atoms with Gasteiger partial charge < -0.3 is 24.8 Å². The molecule has 7 nitrogen and oxygen atoms in total. The number of carbonyl (C=O) groups excluding carboxylic acids is 1. The molecule has 0 spiro atoms. The van der Waals surface area contributed by atoms with E-state index in [1.807, 2.05) is 48.5 Å². The van der Waals surface area contributed by atoms with Crippen LogP contribution in [-0.2, 0) is 13.1 Å². The molecule has 148 valence electrons. The summed E-state index contributed by atoms with van der Waals surface area (Å²) in [6, 6.07) is 16.9. The Morgan fingerprint density at radius 2 is 1.93 bits per heavy atom. The van der Waals surface area contributed by atoms with E-state index in [1.165, 1.54) is 0 Å². The molecule has 2 N–H and O–H groups in total. The minimum absolute atomic E-state index is 0.238. The van der Waals surface area contributed by atoms with Crippen molar-refractivity contribution in [1.82, 2.24) is 10.3 Å². The lowest BCUT2D eigenvalue weighted by Gasteiger charge is -2.10. The van der Waals surface area contributed by atoms with E-state index in [0.29, 0.717) is 18.8 Å². The molecule has 3 aromatic rings. The fourth-order valence-electron chi connectivity index (χ4n) is 3.00. The number of nitrogens with one attached hydrogen (secondary N) is 2. The van der Waals surface area contributed by atoms with Crippen LogP contribution >= 0.6 is 0 Å². The monoisotopic (exact) mass is 391 g/mol. The maximum absolute atomic E-state index is 12.4. The van der Waals surface area contributed by atoms with Gasteiger partial charge in [0.25, 0.3) is 5.91 Å². The molecule has 0 unspecified atom stereocenters. The lowest BCUT2D eigenvalue weighted by atomic mass is 10.2. The number of pyridine rings is 1. The van der Waals surface area contributed by atoms with E-state index >= 15 is 0 Å². The second kappa shape index (κ2) is 8.52. The molecular formula is C22H21N3O4. The van der Waals surface area contributed by atoms with E-state index in [0.717, 1.165) is 34.1 Å². The van der Waals surface area contributed by atoms with Gasteiger partial charge in [0, 0.05) is 18.7 Å². The summed E-state index contributed by atoms with van der Waals surface area (Å²) in [5, 5.41) is 6.15. The van der Waals surface area contributed by atoms with Crippen molar-refractivity contribution in [2.75, 3.05) is 19.2 Å². The second-order valence-corrected chi connectivity index (χ2v) is 6.47. The number of methoxy groups -OCH3 is 1. The lowest BCUT2D eigenvalue weighted by Crippen LogP contribution is -2.24. The first kappa shape index (κ1) is 18.6. The van der Waals surface area contributed by atoms with Crippen molar-refractivity contribution in [1.29, 1.82) is 0 Å². The summed E-state index contributed by atoms with van der Waals surface area (Å²) >= 11 is 0. The van der Waals surface area contributed by atoms with Crippen LogP contribution in [0.2, 0.25) is 0 Å². The van der Waals surface area contributed by atoms with Gasteiger partial charge in [-0.2, -0.15) is 0 Å². The Balaban J connectivity index is 1.32. The highest BCUT2D eigenvalue weighted by atomic mass is 16.7. The topological polar surface area (TPSA) is 81.7 Å². The number of benzene rings is 2. The van der Waals surface area contributed by atoms with Crippen molar-refractivity contribution in [2.24, 2.45) is 0 Å². The van der Waals surface area contributed by atoms with Gasteiger partial charge in [-0.1, -0.05) is 24.3 Å². The summed E-state index contributed by atoms with van der Waals surface area (Å²) in [4.78, 5) is 16.6. The molecule has 1 aliphatic rings. The SMILES string of the molecule is COc1ccccc1CNC(=O)c1ccc(NCc2ccc3c(c2)OCO3)cn1. The van der Waals surface area contributed by atoms with Crippen molar-refractivity contribution in [3.8, 4) is 17.2 Å². The van der Waals surface area contributed by atoms with Gasteiger partial charge in [0.2, 0.25) is 6.79 Å². The minimum Gasteiger partial charge on any atom is -0.496 e. The maximum Gasteiger partial charge on any atom is 0.270 e. The van der Waals surface area contributed by atoms with Gasteiger partial charge in [0.05, 0.1) is 19.0 Å². The van der Waals surface area contributed by atoms with Crippen LogP contribution in [0, 0.1) is 0 Å². The molecule has 2 aromatic carbocycles. The summed E-state index contributed by atoms with van der Waals surface area (Å²) < 4.78 is 16.0. The standard InChI is InChI=1S/C22H21N3O4/c1-27-19-5-3-2-4-16(19)12-25-22(26)18-8-7-17(13-24-18)23-11-15-6-9-20-21(10-15)29-14-28-20/h2-10,13,23H,11-12,14H2,1H3,(H,25,26). The molecule has 0 fully saturated rings. The van der Waals surface area contributed by atoms with Crippen LogP contribution < -0.4 is 24.8 Å². The van der Waals surface area contributed by atoms with E-state index in [4.69, 9.17) is 14.2 Å². The largest absolute Gasteiger partial charge is 0.496 e. The number of para-hydroxylation sites is 1. The molecule has 0 saturated carbocycles. The van der Waals surface area contributed by atoms with Crippen molar-refractivity contribution in [3.63, 3.8) is 0 Å². The zero-order chi connectivity index (χ0) is 20.1. The zero-order valence-corrected chi connectivity index (χ0v) is 16.0. The Hall–Kier alpha value is -3.74. The molecule has 0 atom stereocenters. The number of aromatic nitrogens is 1. The van der Waals surface area contributed by atoms with Crippen molar-refractivity contribution >= 4 is 11.6 Å². The molecule has 1 aromatic heterocycles. The van der Waals surface area contributed by atoms with Crippen LogP contribution in [0.5, 0.6) is 17.2 Å². The Labute approximate surface area is 168 Å². The van der Waals surface area contributed by atoms with Gasteiger partial charge in [-0.05, 0) is 35.9 Å². The van der Waals surface area contributed by atoms with E-state index in [2.05, 4.69) is 15.6 Å². The van der Waals surface area contributed by atoms with Gasteiger partial charge in [-0.3, -0.25) is 4.79 Å². The maximum atomic E-state index is 12.4. The third kappa shape index (κ3) is 4.40. The summed E-state index contributed by atoms with van der Waals surface area (Å²) in [6.07, 6.45) is 1.64. The molecular weight excluding hydrogens is 370 g/mol. The van der Waals surface area contributed by atoms with E-state index < -0.39 is 0 Å². The molecule has 29 heavy (non-hydrogen) atoms. The molecule has 1 aliphatic heterocycles. The Morgan fingerprint density at radius 1 is 1.07 bits per heavy atom. The molecule has 2 heterocycles. The number of amides is 1. The number of rotatable bonds is 7. The number of ether oxygens (including phenoxy) is 3. The number of anilines is 1. The van der Waals surface area contributed by atoms with Crippen molar-refractivity contribution in [3.05, 3.63) is 77.6 Å². The third-order valence-electron chi connectivity index (χ3n) is 4.56. The van der Waals surface area contributed by atoms with Crippen molar-refractivity contribution < 1.29 is 19.0 Å². The molecule has 7 heteroatoms. The Bertz CT molecular complexity index is 1010. The molecule has 0 saturated heterocycles.